The lowest BCUT2D eigenvalue weighted by atomic mass is 10.1. The largest absolute Gasteiger partial charge is 0.324 e. The molecule has 1 unspecified atom stereocenters. The molecule has 0 fully saturated rings. The third-order valence-corrected chi connectivity index (χ3v) is 3.07. The second kappa shape index (κ2) is 4.69. The van der Waals surface area contributed by atoms with Crippen molar-refractivity contribution in [2.75, 3.05) is 0 Å². The molecule has 0 bridgehead atoms. The number of benzene rings is 1. The molecule has 1 aromatic heterocycles. The summed E-state index contributed by atoms with van der Waals surface area (Å²) >= 11 is 11.9. The lowest BCUT2D eigenvalue weighted by molar-refractivity contribution is 0.797. The average molecular weight is 270 g/mol. The van der Waals surface area contributed by atoms with Crippen molar-refractivity contribution in [2.45, 2.75) is 19.9 Å². The van der Waals surface area contributed by atoms with Crippen LogP contribution >= 0.6 is 23.2 Å². The maximum absolute atomic E-state index is 5.97. The number of aromatic nitrogens is 2. The average Bonchev–Trinajstić information content (AvgIpc) is 2.58. The van der Waals surface area contributed by atoms with E-state index in [1.807, 2.05) is 26.0 Å². The van der Waals surface area contributed by atoms with E-state index >= 15 is 0 Å². The minimum absolute atomic E-state index is 0.0431. The highest BCUT2D eigenvalue weighted by Crippen LogP contribution is 2.24. The smallest absolute Gasteiger partial charge is 0.0678 e. The Morgan fingerprint density at radius 1 is 1.24 bits per heavy atom. The van der Waals surface area contributed by atoms with Crippen molar-refractivity contribution in [2.24, 2.45) is 5.73 Å². The maximum Gasteiger partial charge on any atom is 0.0678 e. The van der Waals surface area contributed by atoms with Crippen molar-refractivity contribution in [3.8, 4) is 5.69 Å². The number of nitrogens with zero attached hydrogens (tertiary/aromatic N) is 2. The van der Waals surface area contributed by atoms with Gasteiger partial charge in [0, 0.05) is 27.3 Å². The predicted octanol–water partition coefficient (Wildman–Crippen LogP) is 3.51. The molecule has 3 nitrogen and oxygen atoms in total. The van der Waals surface area contributed by atoms with Gasteiger partial charge in [0.2, 0.25) is 0 Å². The Morgan fingerprint density at radius 2 is 1.82 bits per heavy atom. The molecule has 5 heteroatoms. The lowest BCUT2D eigenvalue weighted by Crippen LogP contribution is -2.07. The highest BCUT2D eigenvalue weighted by atomic mass is 35.5. The van der Waals surface area contributed by atoms with Crippen LogP contribution in [0, 0.1) is 6.92 Å². The highest BCUT2D eigenvalue weighted by molar-refractivity contribution is 6.34. The maximum atomic E-state index is 5.97. The van der Waals surface area contributed by atoms with Crippen LogP contribution in [0.3, 0.4) is 0 Å². The Labute approximate surface area is 110 Å². The van der Waals surface area contributed by atoms with Gasteiger partial charge in [-0.3, -0.25) is 0 Å². The van der Waals surface area contributed by atoms with Gasteiger partial charge in [0.05, 0.1) is 11.9 Å². The van der Waals surface area contributed by atoms with Crippen molar-refractivity contribution in [3.05, 3.63) is 45.7 Å². The van der Waals surface area contributed by atoms with Gasteiger partial charge in [-0.1, -0.05) is 23.2 Å². The predicted molar refractivity (Wildman–Crippen MR) is 70.9 cm³/mol. The first-order valence-electron chi connectivity index (χ1n) is 5.25. The molecule has 0 aliphatic rings. The first-order valence-corrected chi connectivity index (χ1v) is 6.01. The van der Waals surface area contributed by atoms with Gasteiger partial charge in [-0.25, -0.2) is 4.68 Å². The van der Waals surface area contributed by atoms with Crippen LogP contribution in [0.25, 0.3) is 5.69 Å². The molecule has 0 saturated carbocycles. The van der Waals surface area contributed by atoms with E-state index in [-0.39, 0.29) is 6.04 Å². The van der Waals surface area contributed by atoms with Crippen molar-refractivity contribution < 1.29 is 0 Å². The molecule has 1 atom stereocenters. The summed E-state index contributed by atoms with van der Waals surface area (Å²) in [5, 5.41) is 5.48. The van der Waals surface area contributed by atoms with Crippen molar-refractivity contribution >= 4 is 23.2 Å². The van der Waals surface area contributed by atoms with Crippen LogP contribution in [0.1, 0.15) is 24.2 Å². The zero-order chi connectivity index (χ0) is 12.6. The molecule has 0 spiro atoms. The van der Waals surface area contributed by atoms with Gasteiger partial charge in [0.15, 0.2) is 0 Å². The third-order valence-electron chi connectivity index (χ3n) is 2.63. The summed E-state index contributed by atoms with van der Waals surface area (Å²) in [5.41, 5.74) is 8.71. The standard InChI is InChI=1S/C12H13Cl2N3/c1-7(15)12-6-16-17(8(12)2)11-4-9(13)3-10(14)5-11/h3-7H,15H2,1-2H3. The van der Waals surface area contributed by atoms with Crippen molar-refractivity contribution in [1.29, 1.82) is 0 Å². The molecule has 17 heavy (non-hydrogen) atoms. The Balaban J connectivity index is 2.53. The van der Waals surface area contributed by atoms with Crippen LogP contribution in [-0.2, 0) is 0 Å². The van der Waals surface area contributed by atoms with Gasteiger partial charge in [0.25, 0.3) is 0 Å². The Kier molecular flexibility index (Phi) is 3.43. The minimum atomic E-state index is -0.0431. The van der Waals surface area contributed by atoms with Gasteiger partial charge in [-0.15, -0.1) is 0 Å². The molecule has 2 N–H and O–H groups in total. The molecule has 0 aliphatic heterocycles. The van der Waals surface area contributed by atoms with E-state index in [1.54, 1.807) is 16.9 Å². The summed E-state index contributed by atoms with van der Waals surface area (Å²) in [5.74, 6) is 0. The number of hydrogen-bond donors (Lipinski definition) is 1. The van der Waals surface area contributed by atoms with Gasteiger partial charge < -0.3 is 5.73 Å². The molecule has 0 saturated heterocycles. The van der Waals surface area contributed by atoms with Crippen LogP contribution in [0.2, 0.25) is 10.0 Å². The Morgan fingerprint density at radius 3 is 2.29 bits per heavy atom. The lowest BCUT2D eigenvalue weighted by Gasteiger charge is -2.08. The fourth-order valence-corrected chi connectivity index (χ4v) is 2.31. The Hall–Kier alpha value is -1.03. The van der Waals surface area contributed by atoms with Crippen molar-refractivity contribution in [3.63, 3.8) is 0 Å². The van der Waals surface area contributed by atoms with E-state index in [1.165, 1.54) is 0 Å². The first-order chi connectivity index (χ1) is 7.99. The SMILES string of the molecule is Cc1c(C(C)N)cnn1-c1cc(Cl)cc(Cl)c1. The van der Waals surface area contributed by atoms with Gasteiger partial charge in [0.1, 0.15) is 0 Å². The van der Waals surface area contributed by atoms with Gasteiger partial charge in [-0.05, 0) is 32.0 Å². The third kappa shape index (κ3) is 2.46. The first kappa shape index (κ1) is 12.4. The summed E-state index contributed by atoms with van der Waals surface area (Å²) in [4.78, 5) is 0. The molecule has 1 heterocycles. The second-order valence-corrected chi connectivity index (χ2v) is 4.89. The van der Waals surface area contributed by atoms with Gasteiger partial charge in [-0.2, -0.15) is 5.10 Å². The summed E-state index contributed by atoms with van der Waals surface area (Å²) in [7, 11) is 0. The van der Waals surface area contributed by atoms with E-state index in [2.05, 4.69) is 5.10 Å². The van der Waals surface area contributed by atoms with Crippen LogP contribution in [-0.4, -0.2) is 9.78 Å². The number of nitrogens with two attached hydrogens (primary N) is 1. The monoisotopic (exact) mass is 269 g/mol. The number of rotatable bonds is 2. The zero-order valence-corrected chi connectivity index (χ0v) is 11.1. The van der Waals surface area contributed by atoms with E-state index in [9.17, 15) is 0 Å². The molecule has 0 amide bonds. The van der Waals surface area contributed by atoms with Crippen LogP contribution in [0.5, 0.6) is 0 Å². The number of halogens is 2. The topological polar surface area (TPSA) is 43.8 Å². The van der Waals surface area contributed by atoms with Crippen LogP contribution < -0.4 is 5.73 Å². The quantitative estimate of drug-likeness (QED) is 0.907. The highest BCUT2D eigenvalue weighted by Gasteiger charge is 2.11. The molecule has 1 aromatic carbocycles. The van der Waals surface area contributed by atoms with E-state index in [0.717, 1.165) is 16.9 Å². The van der Waals surface area contributed by atoms with Crippen LogP contribution in [0.4, 0.5) is 0 Å². The minimum Gasteiger partial charge on any atom is -0.324 e. The normalized spacial score (nSPS) is 12.8. The van der Waals surface area contributed by atoms with E-state index in [0.29, 0.717) is 10.0 Å². The number of hydrogen-bond acceptors (Lipinski definition) is 2. The molecule has 2 aromatic rings. The van der Waals surface area contributed by atoms with E-state index in [4.69, 9.17) is 28.9 Å². The summed E-state index contributed by atoms with van der Waals surface area (Å²) in [6.45, 7) is 3.90. The molecule has 2 rings (SSSR count). The van der Waals surface area contributed by atoms with Crippen LogP contribution in [0.15, 0.2) is 24.4 Å². The fourth-order valence-electron chi connectivity index (χ4n) is 1.79. The summed E-state index contributed by atoms with van der Waals surface area (Å²) in [6, 6.07) is 5.28. The summed E-state index contributed by atoms with van der Waals surface area (Å²) < 4.78 is 1.79. The Bertz CT molecular complexity index is 526. The molecule has 90 valence electrons. The van der Waals surface area contributed by atoms with Gasteiger partial charge >= 0.3 is 0 Å². The molecule has 0 radical (unpaired) electrons. The summed E-state index contributed by atoms with van der Waals surface area (Å²) in [6.07, 6.45) is 1.77. The molecule has 0 aliphatic carbocycles. The second-order valence-electron chi connectivity index (χ2n) is 4.01. The zero-order valence-electron chi connectivity index (χ0n) is 9.61. The van der Waals surface area contributed by atoms with E-state index < -0.39 is 0 Å². The van der Waals surface area contributed by atoms with Crippen molar-refractivity contribution in [1.82, 2.24) is 9.78 Å². The molecular formula is C12H13Cl2N3. The molecular weight excluding hydrogens is 257 g/mol. The fraction of sp³-hybridized carbons (Fsp3) is 0.250.